The van der Waals surface area contributed by atoms with Crippen LogP contribution in [-0.2, 0) is 4.79 Å². The molecule has 0 spiro atoms. The van der Waals surface area contributed by atoms with Crippen molar-refractivity contribution in [1.29, 1.82) is 0 Å². The Balaban J connectivity index is 2.95. The Labute approximate surface area is 76.4 Å². The zero-order valence-corrected chi connectivity index (χ0v) is 7.93. The molecule has 1 heterocycles. The minimum Gasteiger partial charge on any atom is -0.480 e. The van der Waals surface area contributed by atoms with E-state index in [4.69, 9.17) is 5.11 Å². The van der Waals surface area contributed by atoms with Crippen LogP contribution in [0.5, 0.6) is 0 Å². The monoisotopic (exact) mass is 183 g/mol. The molecule has 1 aromatic heterocycles. The van der Waals surface area contributed by atoms with Gasteiger partial charge in [-0.15, -0.1) is 5.10 Å². The molecule has 0 aliphatic rings. The zero-order chi connectivity index (χ0) is 10.0. The average Bonchev–Trinajstić information content (AvgIpc) is 2.34. The van der Waals surface area contributed by atoms with E-state index >= 15 is 0 Å². The molecular formula is C8H13N3O2. The van der Waals surface area contributed by atoms with Crippen molar-refractivity contribution in [3.63, 3.8) is 0 Å². The summed E-state index contributed by atoms with van der Waals surface area (Å²) < 4.78 is 1.39. The van der Waals surface area contributed by atoms with Crippen LogP contribution in [-0.4, -0.2) is 26.1 Å². The summed E-state index contributed by atoms with van der Waals surface area (Å²) in [5, 5.41) is 16.4. The molecule has 0 fully saturated rings. The highest BCUT2D eigenvalue weighted by atomic mass is 16.4. The summed E-state index contributed by atoms with van der Waals surface area (Å²) in [4.78, 5) is 10.9. The van der Waals surface area contributed by atoms with E-state index in [1.165, 1.54) is 4.68 Å². The Bertz CT molecular complexity index is 306. The number of aryl methyl sites for hydroxylation is 1. The summed E-state index contributed by atoms with van der Waals surface area (Å²) in [6.07, 6.45) is 1.64. The molecule has 13 heavy (non-hydrogen) atoms. The first-order valence-corrected chi connectivity index (χ1v) is 4.13. The number of carboxylic acids is 1. The number of carboxylic acid groups (broad SMARTS) is 1. The SMILES string of the molecule is Cc1cn(C(C(=O)O)C(C)C)nn1. The predicted molar refractivity (Wildman–Crippen MR) is 46.3 cm³/mol. The van der Waals surface area contributed by atoms with Crippen LogP contribution in [0.3, 0.4) is 0 Å². The van der Waals surface area contributed by atoms with Crippen LogP contribution in [0.2, 0.25) is 0 Å². The molecule has 0 saturated heterocycles. The third kappa shape index (κ3) is 2.05. The van der Waals surface area contributed by atoms with Crippen molar-refractivity contribution in [1.82, 2.24) is 15.0 Å². The van der Waals surface area contributed by atoms with E-state index in [0.717, 1.165) is 5.69 Å². The fraction of sp³-hybridized carbons (Fsp3) is 0.625. The quantitative estimate of drug-likeness (QED) is 0.754. The molecule has 1 N–H and O–H groups in total. The van der Waals surface area contributed by atoms with E-state index in [1.54, 1.807) is 13.1 Å². The van der Waals surface area contributed by atoms with Gasteiger partial charge in [-0.25, -0.2) is 9.48 Å². The number of aliphatic carboxylic acids is 1. The van der Waals surface area contributed by atoms with Gasteiger partial charge >= 0.3 is 5.97 Å². The average molecular weight is 183 g/mol. The van der Waals surface area contributed by atoms with E-state index < -0.39 is 12.0 Å². The maximum absolute atomic E-state index is 10.9. The van der Waals surface area contributed by atoms with Gasteiger partial charge in [0, 0.05) is 6.20 Å². The first-order chi connectivity index (χ1) is 6.02. The minimum atomic E-state index is -0.875. The molecule has 0 aliphatic carbocycles. The second-order valence-electron chi connectivity index (χ2n) is 3.37. The molecule has 0 aromatic carbocycles. The molecule has 0 saturated carbocycles. The molecule has 1 unspecified atom stereocenters. The summed E-state index contributed by atoms with van der Waals surface area (Å²) in [5.74, 6) is -0.876. The summed E-state index contributed by atoms with van der Waals surface area (Å²) in [5.41, 5.74) is 0.729. The van der Waals surface area contributed by atoms with Crippen molar-refractivity contribution in [3.05, 3.63) is 11.9 Å². The summed E-state index contributed by atoms with van der Waals surface area (Å²) in [6, 6.07) is -0.624. The minimum absolute atomic E-state index is 0.00130. The fourth-order valence-electron chi connectivity index (χ4n) is 1.20. The van der Waals surface area contributed by atoms with Gasteiger partial charge < -0.3 is 5.11 Å². The molecule has 5 heteroatoms. The van der Waals surface area contributed by atoms with Crippen LogP contribution < -0.4 is 0 Å². The lowest BCUT2D eigenvalue weighted by Crippen LogP contribution is -2.24. The Kier molecular flexibility index (Phi) is 2.65. The maximum atomic E-state index is 10.9. The lowest BCUT2D eigenvalue weighted by atomic mass is 10.1. The Morgan fingerprint density at radius 3 is 2.54 bits per heavy atom. The van der Waals surface area contributed by atoms with Crippen molar-refractivity contribution >= 4 is 5.97 Å². The van der Waals surface area contributed by atoms with Crippen molar-refractivity contribution in [2.24, 2.45) is 5.92 Å². The fourth-order valence-corrected chi connectivity index (χ4v) is 1.20. The van der Waals surface area contributed by atoms with Crippen LogP contribution in [0.25, 0.3) is 0 Å². The van der Waals surface area contributed by atoms with Gasteiger partial charge in [-0.1, -0.05) is 19.1 Å². The zero-order valence-electron chi connectivity index (χ0n) is 7.93. The second-order valence-corrected chi connectivity index (χ2v) is 3.37. The van der Waals surface area contributed by atoms with Crippen LogP contribution in [0.15, 0.2) is 6.20 Å². The molecule has 0 bridgehead atoms. The van der Waals surface area contributed by atoms with E-state index in [9.17, 15) is 4.79 Å². The lowest BCUT2D eigenvalue weighted by molar-refractivity contribution is -0.142. The highest BCUT2D eigenvalue weighted by Crippen LogP contribution is 2.16. The highest BCUT2D eigenvalue weighted by molar-refractivity contribution is 5.71. The number of nitrogens with zero attached hydrogens (tertiary/aromatic N) is 3. The Morgan fingerprint density at radius 1 is 1.62 bits per heavy atom. The topological polar surface area (TPSA) is 68.0 Å². The molecule has 0 aliphatic heterocycles. The normalized spacial score (nSPS) is 13.2. The number of carbonyl (C=O) groups is 1. The van der Waals surface area contributed by atoms with Gasteiger partial charge in [0.05, 0.1) is 5.69 Å². The lowest BCUT2D eigenvalue weighted by Gasteiger charge is -2.15. The number of aromatic nitrogens is 3. The molecule has 0 amide bonds. The first kappa shape index (κ1) is 9.70. The number of hydrogen-bond acceptors (Lipinski definition) is 3. The first-order valence-electron chi connectivity index (χ1n) is 4.13. The van der Waals surface area contributed by atoms with Gasteiger partial charge in [-0.3, -0.25) is 0 Å². The summed E-state index contributed by atoms with van der Waals surface area (Å²) in [6.45, 7) is 5.47. The number of rotatable bonds is 3. The Hall–Kier alpha value is -1.39. The highest BCUT2D eigenvalue weighted by Gasteiger charge is 2.24. The van der Waals surface area contributed by atoms with E-state index in [0.29, 0.717) is 0 Å². The molecule has 1 aromatic rings. The standard InChI is InChI=1S/C8H13N3O2/c1-5(2)7(8(12)13)11-4-6(3)9-10-11/h4-5,7H,1-3H3,(H,12,13). The van der Waals surface area contributed by atoms with E-state index in [2.05, 4.69) is 10.3 Å². The van der Waals surface area contributed by atoms with Crippen LogP contribution in [0, 0.1) is 12.8 Å². The molecule has 0 radical (unpaired) electrons. The van der Waals surface area contributed by atoms with E-state index in [-0.39, 0.29) is 5.92 Å². The van der Waals surface area contributed by atoms with Crippen LogP contribution >= 0.6 is 0 Å². The molecular weight excluding hydrogens is 170 g/mol. The van der Waals surface area contributed by atoms with Gasteiger partial charge in [0.25, 0.3) is 0 Å². The third-order valence-electron chi connectivity index (χ3n) is 1.79. The Morgan fingerprint density at radius 2 is 2.23 bits per heavy atom. The van der Waals surface area contributed by atoms with Crippen molar-refractivity contribution in [3.8, 4) is 0 Å². The van der Waals surface area contributed by atoms with E-state index in [1.807, 2.05) is 13.8 Å². The molecule has 1 rings (SSSR count). The van der Waals surface area contributed by atoms with Crippen molar-refractivity contribution in [2.75, 3.05) is 0 Å². The third-order valence-corrected chi connectivity index (χ3v) is 1.79. The molecule has 5 nitrogen and oxygen atoms in total. The summed E-state index contributed by atoms with van der Waals surface area (Å²) >= 11 is 0. The van der Waals surface area contributed by atoms with Gasteiger partial charge in [-0.05, 0) is 12.8 Å². The second kappa shape index (κ2) is 3.55. The smallest absolute Gasteiger partial charge is 0.328 e. The predicted octanol–water partition coefficient (Wildman–Crippen LogP) is 0.868. The van der Waals surface area contributed by atoms with Crippen LogP contribution in [0.1, 0.15) is 25.6 Å². The van der Waals surface area contributed by atoms with Gasteiger partial charge in [0.1, 0.15) is 0 Å². The molecule has 72 valence electrons. The largest absolute Gasteiger partial charge is 0.480 e. The number of hydrogen-bond donors (Lipinski definition) is 1. The maximum Gasteiger partial charge on any atom is 0.328 e. The van der Waals surface area contributed by atoms with Gasteiger partial charge in [0.2, 0.25) is 0 Å². The summed E-state index contributed by atoms with van der Waals surface area (Å²) in [7, 11) is 0. The van der Waals surface area contributed by atoms with Gasteiger partial charge in [-0.2, -0.15) is 0 Å². The van der Waals surface area contributed by atoms with Crippen molar-refractivity contribution < 1.29 is 9.90 Å². The van der Waals surface area contributed by atoms with Crippen LogP contribution in [0.4, 0.5) is 0 Å². The molecule has 1 atom stereocenters. The van der Waals surface area contributed by atoms with Gasteiger partial charge in [0.15, 0.2) is 6.04 Å². The van der Waals surface area contributed by atoms with Crippen molar-refractivity contribution in [2.45, 2.75) is 26.8 Å².